The highest BCUT2D eigenvalue weighted by atomic mass is 19.4. The lowest BCUT2D eigenvalue weighted by atomic mass is 10.1. The van der Waals surface area contributed by atoms with E-state index in [1.54, 1.807) is 0 Å². The minimum Gasteiger partial charge on any atom is -0.491 e. The molecule has 1 heterocycles. The zero-order valence-electron chi connectivity index (χ0n) is 19.0. The van der Waals surface area contributed by atoms with Crippen molar-refractivity contribution < 1.29 is 42.0 Å². The van der Waals surface area contributed by atoms with E-state index in [2.05, 4.69) is 15.0 Å². The molecule has 0 bridgehead atoms. The van der Waals surface area contributed by atoms with E-state index in [1.807, 2.05) is 31.3 Å². The summed E-state index contributed by atoms with van der Waals surface area (Å²) in [5, 5.41) is 12.2. The largest absolute Gasteiger partial charge is 0.522 e. The molecular formula is C22H35F3N2O6. The molecule has 190 valence electrons. The molecule has 2 rings (SSSR count). The summed E-state index contributed by atoms with van der Waals surface area (Å²) < 4.78 is 60.7. The Hall–Kier alpha value is -1.47. The SMILES string of the molecule is CNC(CN1CCC(OCCOCCOCCOC(F)(F)F)C1)c1ccc(OCCO)cc1. The summed E-state index contributed by atoms with van der Waals surface area (Å²) in [7, 11) is 1.94. The predicted molar refractivity (Wildman–Crippen MR) is 115 cm³/mol. The molecule has 1 aromatic rings. The van der Waals surface area contributed by atoms with Crippen molar-refractivity contribution in [1.82, 2.24) is 10.2 Å². The lowest BCUT2D eigenvalue weighted by molar-refractivity contribution is -0.327. The minimum absolute atomic E-state index is 0.0101. The van der Waals surface area contributed by atoms with Gasteiger partial charge in [0.15, 0.2) is 0 Å². The van der Waals surface area contributed by atoms with Gasteiger partial charge < -0.3 is 29.4 Å². The zero-order chi connectivity index (χ0) is 23.9. The molecule has 2 unspecified atom stereocenters. The lowest BCUT2D eigenvalue weighted by Gasteiger charge is -2.24. The van der Waals surface area contributed by atoms with Crippen LogP contribution in [0.4, 0.5) is 13.2 Å². The summed E-state index contributed by atoms with van der Waals surface area (Å²) in [5.41, 5.74) is 1.17. The molecule has 1 aliphatic rings. The van der Waals surface area contributed by atoms with Crippen molar-refractivity contribution >= 4 is 0 Å². The maximum atomic E-state index is 11.8. The molecular weight excluding hydrogens is 445 g/mol. The van der Waals surface area contributed by atoms with Crippen LogP contribution in [0.15, 0.2) is 24.3 Å². The van der Waals surface area contributed by atoms with Crippen LogP contribution in [0.3, 0.4) is 0 Å². The first-order valence-electron chi connectivity index (χ1n) is 11.1. The zero-order valence-corrected chi connectivity index (χ0v) is 19.0. The maximum Gasteiger partial charge on any atom is 0.522 e. The van der Waals surface area contributed by atoms with Gasteiger partial charge in [-0.05, 0) is 31.2 Å². The van der Waals surface area contributed by atoms with Crippen molar-refractivity contribution in [3.05, 3.63) is 29.8 Å². The van der Waals surface area contributed by atoms with Gasteiger partial charge in [0, 0.05) is 25.7 Å². The Morgan fingerprint density at radius 3 is 2.33 bits per heavy atom. The highest BCUT2D eigenvalue weighted by Crippen LogP contribution is 2.21. The fraction of sp³-hybridized carbons (Fsp3) is 0.727. The van der Waals surface area contributed by atoms with Gasteiger partial charge in [-0.3, -0.25) is 9.64 Å². The van der Waals surface area contributed by atoms with Crippen molar-refractivity contribution in [3.63, 3.8) is 0 Å². The van der Waals surface area contributed by atoms with Gasteiger partial charge in [-0.25, -0.2) is 0 Å². The normalized spacial score (nSPS) is 18.0. The van der Waals surface area contributed by atoms with E-state index >= 15 is 0 Å². The first-order valence-corrected chi connectivity index (χ1v) is 11.1. The van der Waals surface area contributed by atoms with Crippen molar-refractivity contribution in [2.24, 2.45) is 0 Å². The predicted octanol–water partition coefficient (Wildman–Crippen LogP) is 1.98. The maximum absolute atomic E-state index is 11.8. The number of nitrogens with one attached hydrogen (secondary N) is 1. The number of likely N-dealkylation sites (tertiary alicyclic amines) is 1. The lowest BCUT2D eigenvalue weighted by Crippen LogP contribution is -2.33. The van der Waals surface area contributed by atoms with E-state index < -0.39 is 13.0 Å². The fourth-order valence-corrected chi connectivity index (χ4v) is 3.49. The number of benzene rings is 1. The molecule has 2 atom stereocenters. The van der Waals surface area contributed by atoms with Crippen LogP contribution < -0.4 is 10.1 Å². The number of alkyl halides is 3. The number of aliphatic hydroxyl groups excluding tert-OH is 1. The Labute approximate surface area is 192 Å². The third-order valence-electron chi connectivity index (χ3n) is 5.11. The van der Waals surface area contributed by atoms with Crippen molar-refractivity contribution in [1.29, 1.82) is 0 Å². The number of halogens is 3. The van der Waals surface area contributed by atoms with Gasteiger partial charge >= 0.3 is 6.36 Å². The summed E-state index contributed by atoms with van der Waals surface area (Å²) in [5.74, 6) is 0.738. The summed E-state index contributed by atoms with van der Waals surface area (Å²) in [6.45, 7) is 3.64. The third kappa shape index (κ3) is 12.0. The molecule has 1 aromatic carbocycles. The van der Waals surface area contributed by atoms with Gasteiger partial charge in [-0.15, -0.1) is 13.2 Å². The second kappa shape index (κ2) is 15.4. The second-order valence-corrected chi connectivity index (χ2v) is 7.54. The molecule has 0 saturated carbocycles. The summed E-state index contributed by atoms with van der Waals surface area (Å²) in [4.78, 5) is 2.36. The molecule has 0 amide bonds. The highest BCUT2D eigenvalue weighted by molar-refractivity contribution is 5.29. The number of rotatable bonds is 17. The van der Waals surface area contributed by atoms with Crippen molar-refractivity contribution in [2.75, 3.05) is 79.5 Å². The summed E-state index contributed by atoms with van der Waals surface area (Å²) in [6, 6.07) is 8.06. The number of aliphatic hydroxyl groups is 1. The van der Waals surface area contributed by atoms with E-state index in [9.17, 15) is 13.2 Å². The van der Waals surface area contributed by atoms with Crippen LogP contribution in [0.2, 0.25) is 0 Å². The van der Waals surface area contributed by atoms with Gasteiger partial charge in [0.1, 0.15) is 12.4 Å². The molecule has 0 spiro atoms. The van der Waals surface area contributed by atoms with Gasteiger partial charge in [-0.1, -0.05) is 12.1 Å². The minimum atomic E-state index is -4.62. The number of ether oxygens (including phenoxy) is 5. The molecule has 0 radical (unpaired) electrons. The summed E-state index contributed by atoms with van der Waals surface area (Å²) in [6.07, 6.45) is -3.52. The second-order valence-electron chi connectivity index (χ2n) is 7.54. The molecule has 1 saturated heterocycles. The van der Waals surface area contributed by atoms with Crippen LogP contribution in [0.25, 0.3) is 0 Å². The van der Waals surface area contributed by atoms with Crippen LogP contribution in [0.5, 0.6) is 5.75 Å². The van der Waals surface area contributed by atoms with Crippen molar-refractivity contribution in [3.8, 4) is 5.75 Å². The highest BCUT2D eigenvalue weighted by Gasteiger charge is 2.28. The number of likely N-dealkylation sites (N-methyl/N-ethyl adjacent to an activating group) is 1. The Morgan fingerprint density at radius 1 is 1.03 bits per heavy atom. The molecule has 1 fully saturated rings. The Morgan fingerprint density at radius 2 is 1.70 bits per heavy atom. The van der Waals surface area contributed by atoms with Crippen LogP contribution >= 0.6 is 0 Å². The third-order valence-corrected chi connectivity index (χ3v) is 5.11. The monoisotopic (exact) mass is 480 g/mol. The average molecular weight is 481 g/mol. The molecule has 11 heteroatoms. The molecule has 2 N–H and O–H groups in total. The van der Waals surface area contributed by atoms with E-state index in [0.717, 1.165) is 31.8 Å². The van der Waals surface area contributed by atoms with Crippen LogP contribution in [0, 0.1) is 0 Å². The first-order chi connectivity index (χ1) is 15.9. The van der Waals surface area contributed by atoms with Crippen molar-refractivity contribution in [2.45, 2.75) is 24.9 Å². The van der Waals surface area contributed by atoms with E-state index in [-0.39, 0.29) is 38.6 Å². The molecule has 1 aliphatic heterocycles. The number of hydrogen-bond donors (Lipinski definition) is 2. The molecule has 0 aliphatic carbocycles. The molecule has 0 aromatic heterocycles. The van der Waals surface area contributed by atoms with E-state index in [1.165, 1.54) is 5.56 Å². The Kier molecular flexibility index (Phi) is 13.0. The smallest absolute Gasteiger partial charge is 0.491 e. The quantitative estimate of drug-likeness (QED) is 0.328. The molecule has 33 heavy (non-hydrogen) atoms. The fourth-order valence-electron chi connectivity index (χ4n) is 3.49. The van der Waals surface area contributed by atoms with E-state index in [4.69, 9.17) is 24.1 Å². The van der Waals surface area contributed by atoms with Gasteiger partial charge in [0.25, 0.3) is 0 Å². The van der Waals surface area contributed by atoms with Crippen LogP contribution in [-0.2, 0) is 18.9 Å². The van der Waals surface area contributed by atoms with Gasteiger partial charge in [-0.2, -0.15) is 0 Å². The number of nitrogens with zero attached hydrogens (tertiary/aromatic N) is 1. The number of hydrogen-bond acceptors (Lipinski definition) is 8. The Balaban J connectivity index is 1.54. The van der Waals surface area contributed by atoms with Crippen LogP contribution in [-0.4, -0.2) is 102 Å². The van der Waals surface area contributed by atoms with Gasteiger partial charge in [0.05, 0.1) is 52.4 Å². The standard InChI is InChI=1S/C22H35F3N2O6/c1-26-21(18-2-4-19(5-3-18)31-9-8-28)17-27-7-6-20(16-27)32-14-12-29-10-11-30-13-15-33-22(23,24)25/h2-5,20-21,26,28H,6-17H2,1H3. The first kappa shape index (κ1) is 27.8. The van der Waals surface area contributed by atoms with Crippen LogP contribution in [0.1, 0.15) is 18.0 Å². The Bertz CT molecular complexity index is 636. The molecule has 8 nitrogen and oxygen atoms in total. The van der Waals surface area contributed by atoms with E-state index in [0.29, 0.717) is 19.8 Å². The topological polar surface area (TPSA) is 81.7 Å². The summed E-state index contributed by atoms with van der Waals surface area (Å²) >= 11 is 0. The average Bonchev–Trinajstić information content (AvgIpc) is 3.24. The van der Waals surface area contributed by atoms with Gasteiger partial charge in [0.2, 0.25) is 0 Å².